The molecule has 1 aromatic rings. The molecule has 98 valence electrons. The summed E-state index contributed by atoms with van der Waals surface area (Å²) in [5.74, 6) is -0.0501. The van der Waals surface area contributed by atoms with E-state index in [0.717, 1.165) is 6.42 Å². The van der Waals surface area contributed by atoms with Crippen molar-refractivity contribution in [2.45, 2.75) is 20.3 Å². The summed E-state index contributed by atoms with van der Waals surface area (Å²) in [4.78, 5) is 11.8. The number of nitrogens with two attached hydrogens (primary N) is 1. The highest BCUT2D eigenvalue weighted by Crippen LogP contribution is 2.24. The Morgan fingerprint density at radius 3 is 2.78 bits per heavy atom. The fraction of sp³-hybridized carbons (Fsp3) is 0.333. The van der Waals surface area contributed by atoms with Crippen LogP contribution in [0.1, 0.15) is 25.8 Å². The number of amides is 1. The molecule has 1 atom stereocenters. The molecule has 18 heavy (non-hydrogen) atoms. The first-order valence-corrected chi connectivity index (χ1v) is 6.37. The lowest BCUT2D eigenvalue weighted by atomic mass is 10.1. The van der Waals surface area contributed by atoms with E-state index in [4.69, 9.17) is 10.9 Å². The number of nitrogens with one attached hydrogen (secondary N) is 1. The number of amidine groups is 1. The summed E-state index contributed by atoms with van der Waals surface area (Å²) >= 11 is 3.34. The number of anilines is 1. The van der Waals surface area contributed by atoms with Gasteiger partial charge in [0.15, 0.2) is 5.84 Å². The molecule has 0 heterocycles. The van der Waals surface area contributed by atoms with Gasteiger partial charge in [0.05, 0.1) is 5.69 Å². The number of oxime groups is 1. The summed E-state index contributed by atoms with van der Waals surface area (Å²) in [5.41, 5.74) is 6.71. The Morgan fingerprint density at radius 1 is 1.61 bits per heavy atom. The quantitative estimate of drug-likeness (QED) is 0.345. The lowest BCUT2D eigenvalue weighted by Crippen LogP contribution is -2.20. The topological polar surface area (TPSA) is 87.7 Å². The van der Waals surface area contributed by atoms with Gasteiger partial charge in [-0.1, -0.05) is 19.0 Å². The number of hydrogen-bond donors (Lipinski definition) is 3. The third-order valence-corrected chi connectivity index (χ3v) is 3.35. The zero-order valence-electron chi connectivity index (χ0n) is 10.3. The second-order valence-corrected chi connectivity index (χ2v) is 4.83. The average Bonchev–Trinajstić information content (AvgIpc) is 2.38. The summed E-state index contributed by atoms with van der Waals surface area (Å²) < 4.78 is 0.684. The first-order chi connectivity index (χ1) is 8.49. The maximum absolute atomic E-state index is 11.8. The molecular weight excluding hydrogens is 298 g/mol. The predicted octanol–water partition coefficient (Wildman–Crippen LogP) is 2.53. The van der Waals surface area contributed by atoms with Gasteiger partial charge in [0.25, 0.3) is 0 Å². The van der Waals surface area contributed by atoms with E-state index in [0.29, 0.717) is 15.7 Å². The molecule has 0 aliphatic carbocycles. The van der Waals surface area contributed by atoms with Crippen molar-refractivity contribution in [3.63, 3.8) is 0 Å². The van der Waals surface area contributed by atoms with Gasteiger partial charge in [-0.2, -0.15) is 0 Å². The van der Waals surface area contributed by atoms with Gasteiger partial charge in [-0.05, 0) is 40.5 Å². The molecule has 1 unspecified atom stereocenters. The fourth-order valence-corrected chi connectivity index (χ4v) is 1.75. The molecule has 0 spiro atoms. The number of hydrogen-bond acceptors (Lipinski definition) is 3. The number of benzene rings is 1. The minimum atomic E-state index is -0.0411. The van der Waals surface area contributed by atoms with Gasteiger partial charge in [0.2, 0.25) is 5.91 Å². The van der Waals surface area contributed by atoms with Crippen LogP contribution < -0.4 is 11.1 Å². The van der Waals surface area contributed by atoms with Gasteiger partial charge in [-0.25, -0.2) is 0 Å². The molecule has 0 aromatic heterocycles. The highest BCUT2D eigenvalue weighted by atomic mass is 79.9. The number of rotatable bonds is 4. The van der Waals surface area contributed by atoms with Gasteiger partial charge >= 0.3 is 0 Å². The van der Waals surface area contributed by atoms with E-state index in [1.165, 1.54) is 0 Å². The number of carbonyl (C=O) groups is 1. The van der Waals surface area contributed by atoms with Crippen LogP contribution in [-0.4, -0.2) is 17.0 Å². The minimum Gasteiger partial charge on any atom is -0.409 e. The van der Waals surface area contributed by atoms with Crippen molar-refractivity contribution in [2.24, 2.45) is 16.8 Å². The molecule has 5 nitrogen and oxygen atoms in total. The SMILES string of the molecule is CCC(C)C(=O)Nc1ccc(/C(N)=N/O)cc1Br. The van der Waals surface area contributed by atoms with Crippen molar-refractivity contribution in [1.82, 2.24) is 0 Å². The average molecular weight is 314 g/mol. The molecule has 6 heteroatoms. The smallest absolute Gasteiger partial charge is 0.227 e. The summed E-state index contributed by atoms with van der Waals surface area (Å²) in [6, 6.07) is 5.06. The highest BCUT2D eigenvalue weighted by Gasteiger charge is 2.12. The van der Waals surface area contributed by atoms with Crippen molar-refractivity contribution in [3.8, 4) is 0 Å². The maximum Gasteiger partial charge on any atom is 0.227 e. The molecule has 0 fully saturated rings. The van der Waals surface area contributed by atoms with Crippen LogP contribution in [0.25, 0.3) is 0 Å². The second-order valence-electron chi connectivity index (χ2n) is 3.98. The lowest BCUT2D eigenvalue weighted by molar-refractivity contribution is -0.119. The largest absolute Gasteiger partial charge is 0.409 e. The molecule has 1 amide bonds. The van der Waals surface area contributed by atoms with E-state index in [2.05, 4.69) is 26.4 Å². The van der Waals surface area contributed by atoms with Crippen LogP contribution in [-0.2, 0) is 4.79 Å². The molecule has 0 bridgehead atoms. The number of nitrogens with zero attached hydrogens (tertiary/aromatic N) is 1. The second kappa shape index (κ2) is 6.39. The van der Waals surface area contributed by atoms with Crippen LogP contribution in [0.15, 0.2) is 27.8 Å². The summed E-state index contributed by atoms with van der Waals surface area (Å²) in [6.07, 6.45) is 0.783. The monoisotopic (exact) mass is 313 g/mol. The van der Waals surface area contributed by atoms with Gasteiger partial charge in [-0.3, -0.25) is 4.79 Å². The third-order valence-electron chi connectivity index (χ3n) is 2.69. The van der Waals surface area contributed by atoms with E-state index >= 15 is 0 Å². The zero-order chi connectivity index (χ0) is 13.7. The molecule has 0 saturated heterocycles. The third kappa shape index (κ3) is 3.46. The van der Waals surface area contributed by atoms with E-state index in [-0.39, 0.29) is 17.7 Å². The van der Waals surface area contributed by atoms with Crippen molar-refractivity contribution in [1.29, 1.82) is 0 Å². The predicted molar refractivity (Wildman–Crippen MR) is 74.7 cm³/mol. The summed E-state index contributed by atoms with van der Waals surface area (Å²) in [5, 5.41) is 14.3. The van der Waals surface area contributed by atoms with Crippen LogP contribution in [0.5, 0.6) is 0 Å². The van der Waals surface area contributed by atoms with E-state index in [1.54, 1.807) is 18.2 Å². The molecule has 1 rings (SSSR count). The zero-order valence-corrected chi connectivity index (χ0v) is 11.9. The van der Waals surface area contributed by atoms with Gasteiger partial charge in [0, 0.05) is 16.0 Å². The van der Waals surface area contributed by atoms with Gasteiger partial charge < -0.3 is 16.3 Å². The number of carbonyl (C=O) groups excluding carboxylic acids is 1. The molecule has 0 radical (unpaired) electrons. The van der Waals surface area contributed by atoms with Crippen LogP contribution in [0.4, 0.5) is 5.69 Å². The lowest BCUT2D eigenvalue weighted by Gasteiger charge is -2.12. The molecule has 0 aliphatic rings. The van der Waals surface area contributed by atoms with Crippen LogP contribution in [0.3, 0.4) is 0 Å². The molecule has 1 aromatic carbocycles. The van der Waals surface area contributed by atoms with E-state index < -0.39 is 0 Å². The first kappa shape index (κ1) is 14.5. The Bertz CT molecular complexity index is 474. The Kier molecular flexibility index (Phi) is 5.15. The Labute approximate surface area is 114 Å². The van der Waals surface area contributed by atoms with E-state index in [1.807, 2.05) is 13.8 Å². The summed E-state index contributed by atoms with van der Waals surface area (Å²) in [6.45, 7) is 3.83. The van der Waals surface area contributed by atoms with Crippen molar-refractivity contribution >= 4 is 33.4 Å². The molecule has 0 aliphatic heterocycles. The molecule has 0 saturated carbocycles. The maximum atomic E-state index is 11.8. The fourth-order valence-electron chi connectivity index (χ4n) is 1.27. The molecule has 4 N–H and O–H groups in total. The van der Waals surface area contributed by atoms with Gasteiger partial charge in [-0.15, -0.1) is 0 Å². The highest BCUT2D eigenvalue weighted by molar-refractivity contribution is 9.10. The number of halogens is 1. The Balaban J connectivity index is 2.90. The van der Waals surface area contributed by atoms with Crippen LogP contribution in [0.2, 0.25) is 0 Å². The molecular formula is C12H16BrN3O2. The van der Waals surface area contributed by atoms with Crippen molar-refractivity contribution in [3.05, 3.63) is 28.2 Å². The first-order valence-electron chi connectivity index (χ1n) is 5.57. The normalized spacial score (nSPS) is 13.2. The minimum absolute atomic E-state index is 0.0236. The summed E-state index contributed by atoms with van der Waals surface area (Å²) in [7, 11) is 0. The van der Waals surface area contributed by atoms with Crippen molar-refractivity contribution < 1.29 is 10.0 Å². The standard InChI is InChI=1S/C12H16BrN3O2/c1-3-7(2)12(17)15-10-5-4-8(6-9(10)13)11(14)16-18/h4-7,18H,3H2,1-2H3,(H2,14,16)(H,15,17). The van der Waals surface area contributed by atoms with E-state index in [9.17, 15) is 4.79 Å². The van der Waals surface area contributed by atoms with Crippen LogP contribution in [0, 0.1) is 5.92 Å². The van der Waals surface area contributed by atoms with Crippen LogP contribution >= 0.6 is 15.9 Å². The van der Waals surface area contributed by atoms with Crippen molar-refractivity contribution in [2.75, 3.05) is 5.32 Å². The Hall–Kier alpha value is -1.56. The Morgan fingerprint density at radius 2 is 2.28 bits per heavy atom. The van der Waals surface area contributed by atoms with Gasteiger partial charge in [0.1, 0.15) is 0 Å².